The number of likely N-dealkylation sites (N-methyl/N-ethyl adjacent to an activating group) is 2. The van der Waals surface area contributed by atoms with Crippen molar-refractivity contribution >= 4 is 35.7 Å². The van der Waals surface area contributed by atoms with E-state index in [4.69, 9.17) is 14.6 Å². The molecule has 4 amide bonds. The Hall–Kier alpha value is -4.43. The van der Waals surface area contributed by atoms with Gasteiger partial charge in [0.05, 0.1) is 48.7 Å². The van der Waals surface area contributed by atoms with Crippen molar-refractivity contribution < 1.29 is 38.6 Å². The minimum atomic E-state index is -0.899. The Bertz CT molecular complexity index is 1760. The highest BCUT2D eigenvalue weighted by Gasteiger charge is 2.43. The molecule has 1 heterocycles. The normalized spacial score (nSPS) is 18.3. The third kappa shape index (κ3) is 15.7. The molecule has 2 aromatic rings. The zero-order valence-electron chi connectivity index (χ0n) is 39.8. The predicted molar refractivity (Wildman–Crippen MR) is 249 cm³/mol. The van der Waals surface area contributed by atoms with Gasteiger partial charge in [0.25, 0.3) is 0 Å². The number of hydrogen-bond donors (Lipinski definition) is 3. The van der Waals surface area contributed by atoms with Crippen LogP contribution in [0.3, 0.4) is 0 Å². The summed E-state index contributed by atoms with van der Waals surface area (Å²) in [7, 11) is 6.82. The quantitative estimate of drug-likeness (QED) is 0.0979. The lowest BCUT2D eigenvalue weighted by Crippen LogP contribution is -2.60. The zero-order chi connectivity index (χ0) is 46.8. The summed E-state index contributed by atoms with van der Waals surface area (Å²) in [6.45, 7) is 14.6. The molecule has 0 aliphatic carbocycles. The first-order chi connectivity index (χ1) is 29.9. The van der Waals surface area contributed by atoms with E-state index < -0.39 is 48.0 Å². The fourth-order valence-electron chi connectivity index (χ4n) is 9.38. The fraction of sp³-hybridized carbons (Fsp3) is 0.620. The number of carbonyl (C=O) groups is 5. The first kappa shape index (κ1) is 52.9. The van der Waals surface area contributed by atoms with E-state index >= 15 is 0 Å². The standard InChI is InChI=1S/C50H77N5O8/c1-12-35(6)46(54(9)45(34(4)5)50(61)52-49(60)44(33(2)3)53(8)29-20-26-43(57)58)41(62-10)32-42(56)55-30-19-25-40(55)47(63-11)36(7)48(59)51-39(31-38-23-17-14-18-24-38)28-27-37-21-15-13-16-22-37/h13-18,21-24,27-28,33-36,39-41,44-47H,12,19-20,25-26,29-32H2,1-11H3,(H,51,59)(H,57,58)(H,52,60,61)/b28-27+/t35-,36+,39+,40-,41+,44-,45-,46-,47+/m0/s1. The van der Waals surface area contributed by atoms with Gasteiger partial charge in [0.15, 0.2) is 0 Å². The number of benzene rings is 2. The number of methoxy groups -OCH3 is 2. The van der Waals surface area contributed by atoms with Gasteiger partial charge in [-0.3, -0.25) is 39.1 Å². The van der Waals surface area contributed by atoms with E-state index in [-0.39, 0.29) is 60.5 Å². The van der Waals surface area contributed by atoms with Crippen LogP contribution >= 0.6 is 0 Å². The third-order valence-electron chi connectivity index (χ3n) is 12.7. The van der Waals surface area contributed by atoms with Gasteiger partial charge < -0.3 is 24.8 Å². The van der Waals surface area contributed by atoms with Gasteiger partial charge in [-0.05, 0) is 75.2 Å². The zero-order valence-corrected chi connectivity index (χ0v) is 39.8. The number of nitrogens with zero attached hydrogens (tertiary/aromatic N) is 3. The Kier molecular flexibility index (Phi) is 22.2. The van der Waals surface area contributed by atoms with Crippen molar-refractivity contribution in [2.75, 3.05) is 41.4 Å². The molecule has 2 aromatic carbocycles. The highest BCUT2D eigenvalue weighted by Crippen LogP contribution is 2.30. The number of rotatable bonds is 26. The molecule has 13 heteroatoms. The maximum absolute atomic E-state index is 14.5. The third-order valence-corrected chi connectivity index (χ3v) is 12.7. The van der Waals surface area contributed by atoms with E-state index in [0.717, 1.165) is 24.0 Å². The smallest absolute Gasteiger partial charge is 0.303 e. The van der Waals surface area contributed by atoms with Gasteiger partial charge in [-0.1, -0.05) is 128 Å². The summed E-state index contributed by atoms with van der Waals surface area (Å²) in [5, 5.41) is 15.1. The van der Waals surface area contributed by atoms with E-state index in [1.807, 2.05) is 124 Å². The number of amides is 4. The lowest BCUT2D eigenvalue weighted by molar-refractivity contribution is -0.144. The van der Waals surface area contributed by atoms with Crippen LogP contribution in [0.15, 0.2) is 66.7 Å². The molecular weight excluding hydrogens is 799 g/mol. The topological polar surface area (TPSA) is 158 Å². The van der Waals surface area contributed by atoms with Crippen molar-refractivity contribution in [3.8, 4) is 0 Å². The predicted octanol–water partition coefficient (Wildman–Crippen LogP) is 6.31. The molecule has 0 spiro atoms. The Labute approximate surface area is 377 Å². The molecule has 0 radical (unpaired) electrons. The Balaban J connectivity index is 1.80. The molecule has 0 aromatic heterocycles. The molecule has 0 bridgehead atoms. The van der Waals surface area contributed by atoms with Crippen LogP contribution in [0.5, 0.6) is 0 Å². The van der Waals surface area contributed by atoms with Crippen LogP contribution in [-0.2, 0) is 39.9 Å². The van der Waals surface area contributed by atoms with Crippen LogP contribution in [0, 0.1) is 23.7 Å². The SMILES string of the molecule is CC[C@H](C)[C@@H]([C@@H](CC(=O)N1CCC[C@H]1[C@H](OC)[C@@H](C)C(=O)N[C@H](/C=C/c1ccccc1)Cc1ccccc1)OC)N(C)[C@H](C(=O)NC(=O)[C@H](C(C)C)N(C)CCCC(=O)O)C(C)C. The maximum Gasteiger partial charge on any atom is 0.303 e. The molecule has 63 heavy (non-hydrogen) atoms. The van der Waals surface area contributed by atoms with E-state index in [2.05, 4.69) is 24.5 Å². The summed E-state index contributed by atoms with van der Waals surface area (Å²) in [5.74, 6) is -2.94. The maximum atomic E-state index is 14.5. The molecule has 3 N–H and O–H groups in total. The Morgan fingerprint density at radius 3 is 2.02 bits per heavy atom. The first-order valence-corrected chi connectivity index (χ1v) is 22.9. The average molecular weight is 876 g/mol. The van der Waals surface area contributed by atoms with Crippen LogP contribution in [0.4, 0.5) is 0 Å². The van der Waals surface area contributed by atoms with E-state index in [0.29, 0.717) is 32.4 Å². The number of carboxylic acid groups (broad SMARTS) is 1. The van der Waals surface area contributed by atoms with Gasteiger partial charge >= 0.3 is 5.97 Å². The lowest BCUT2D eigenvalue weighted by atomic mass is 9.87. The number of carbonyl (C=O) groups excluding carboxylic acids is 4. The lowest BCUT2D eigenvalue weighted by Gasteiger charge is -2.43. The monoisotopic (exact) mass is 876 g/mol. The largest absolute Gasteiger partial charge is 0.481 e. The first-order valence-electron chi connectivity index (χ1n) is 22.9. The van der Waals surface area contributed by atoms with Crippen LogP contribution in [0.2, 0.25) is 0 Å². The number of ether oxygens (including phenoxy) is 2. The second-order valence-electron chi connectivity index (χ2n) is 18.1. The molecule has 0 unspecified atom stereocenters. The summed E-state index contributed by atoms with van der Waals surface area (Å²) in [5.41, 5.74) is 2.13. The van der Waals surface area contributed by atoms with Crippen molar-refractivity contribution in [2.45, 2.75) is 136 Å². The van der Waals surface area contributed by atoms with Crippen LogP contribution < -0.4 is 10.6 Å². The van der Waals surface area contributed by atoms with Gasteiger partial charge in [0.2, 0.25) is 23.6 Å². The molecule has 9 atom stereocenters. The minimum absolute atomic E-state index is 0.00544. The Morgan fingerprint density at radius 1 is 0.857 bits per heavy atom. The van der Waals surface area contributed by atoms with Crippen molar-refractivity contribution in [2.24, 2.45) is 23.7 Å². The van der Waals surface area contributed by atoms with E-state index in [1.54, 1.807) is 26.2 Å². The number of nitrogens with one attached hydrogen (secondary N) is 2. The molecule has 13 nitrogen and oxygen atoms in total. The summed E-state index contributed by atoms with van der Waals surface area (Å²) >= 11 is 0. The van der Waals surface area contributed by atoms with Crippen molar-refractivity contribution in [3.05, 3.63) is 77.9 Å². The summed E-state index contributed by atoms with van der Waals surface area (Å²) < 4.78 is 12.2. The van der Waals surface area contributed by atoms with Gasteiger partial charge in [-0.25, -0.2) is 0 Å². The number of aliphatic carboxylic acids is 1. The molecule has 1 saturated heterocycles. The summed E-state index contributed by atoms with van der Waals surface area (Å²) in [4.78, 5) is 73.1. The number of carboxylic acids is 1. The molecular formula is C50H77N5O8. The number of hydrogen-bond acceptors (Lipinski definition) is 9. The molecule has 1 aliphatic heterocycles. The summed E-state index contributed by atoms with van der Waals surface area (Å²) in [6.07, 6.45) is 6.12. The van der Waals surface area contributed by atoms with Gasteiger partial charge in [0, 0.05) is 33.2 Å². The van der Waals surface area contributed by atoms with Crippen LogP contribution in [0.1, 0.15) is 98.1 Å². The second-order valence-corrected chi connectivity index (χ2v) is 18.1. The summed E-state index contributed by atoms with van der Waals surface area (Å²) in [6, 6.07) is 17.7. The number of likely N-dealkylation sites (tertiary alicyclic amines) is 1. The minimum Gasteiger partial charge on any atom is -0.481 e. The molecule has 350 valence electrons. The average Bonchev–Trinajstić information content (AvgIpc) is 3.72. The van der Waals surface area contributed by atoms with Gasteiger partial charge in [-0.15, -0.1) is 0 Å². The van der Waals surface area contributed by atoms with Gasteiger partial charge in [-0.2, -0.15) is 0 Å². The van der Waals surface area contributed by atoms with Gasteiger partial charge in [0.1, 0.15) is 0 Å². The van der Waals surface area contributed by atoms with E-state index in [9.17, 15) is 24.0 Å². The Morgan fingerprint density at radius 2 is 1.46 bits per heavy atom. The van der Waals surface area contributed by atoms with Crippen LogP contribution in [-0.4, -0.2) is 133 Å². The molecule has 1 fully saturated rings. The second kappa shape index (κ2) is 26.4. The molecule has 0 saturated carbocycles. The highest BCUT2D eigenvalue weighted by atomic mass is 16.5. The fourth-order valence-corrected chi connectivity index (χ4v) is 9.38. The van der Waals surface area contributed by atoms with Crippen LogP contribution in [0.25, 0.3) is 6.08 Å². The number of imide groups is 1. The van der Waals surface area contributed by atoms with Crippen molar-refractivity contribution in [1.29, 1.82) is 0 Å². The van der Waals surface area contributed by atoms with E-state index in [1.165, 1.54) is 0 Å². The van der Waals surface area contributed by atoms with Crippen molar-refractivity contribution in [3.63, 3.8) is 0 Å². The van der Waals surface area contributed by atoms with Crippen molar-refractivity contribution in [1.82, 2.24) is 25.3 Å². The highest BCUT2D eigenvalue weighted by molar-refractivity contribution is 6.00. The molecule has 3 rings (SSSR count). The molecule has 1 aliphatic rings.